The summed E-state index contributed by atoms with van der Waals surface area (Å²) < 4.78 is 16.3. The van der Waals surface area contributed by atoms with Crippen molar-refractivity contribution >= 4 is 17.7 Å². The first-order valence-corrected chi connectivity index (χ1v) is 9.72. The van der Waals surface area contributed by atoms with Crippen LogP contribution in [0, 0.1) is 0 Å². The third kappa shape index (κ3) is 5.59. The van der Waals surface area contributed by atoms with E-state index in [0.29, 0.717) is 22.9 Å². The molecule has 0 unspecified atom stereocenters. The van der Waals surface area contributed by atoms with Crippen LogP contribution in [0.1, 0.15) is 43.1 Å². The predicted octanol–water partition coefficient (Wildman–Crippen LogP) is 4.19. The third-order valence-corrected chi connectivity index (χ3v) is 4.22. The van der Waals surface area contributed by atoms with E-state index < -0.39 is 18.1 Å². The van der Waals surface area contributed by atoms with E-state index in [1.807, 2.05) is 13.8 Å². The molecule has 0 spiro atoms. The maximum Gasteiger partial charge on any atom is 0.341 e. The molecule has 1 aromatic heterocycles. The van der Waals surface area contributed by atoms with Crippen LogP contribution in [0.5, 0.6) is 5.75 Å². The van der Waals surface area contributed by atoms with Crippen molar-refractivity contribution in [2.45, 2.75) is 32.9 Å². The van der Waals surface area contributed by atoms with Gasteiger partial charge >= 0.3 is 12.0 Å². The van der Waals surface area contributed by atoms with Gasteiger partial charge in [-0.15, -0.1) is 10.2 Å². The Balaban J connectivity index is 1.70. The zero-order valence-electron chi connectivity index (χ0n) is 17.7. The second-order valence-corrected chi connectivity index (χ2v) is 7.02. The molecule has 0 radical (unpaired) electrons. The standard InChI is InChI=1S/C22H24N4O5/c1-13(2)23-22(28)24-18-8-6-5-7-17(18)21(27)30-14(3)19-25-26-20(31-19)15-9-11-16(29-4)12-10-15/h5-14H,1-4H3,(H2,23,24,28)/t14-/m1/s1. The molecule has 2 N–H and O–H groups in total. The first-order valence-electron chi connectivity index (χ1n) is 9.72. The molecule has 9 nitrogen and oxygen atoms in total. The topological polar surface area (TPSA) is 116 Å². The fourth-order valence-corrected chi connectivity index (χ4v) is 2.71. The summed E-state index contributed by atoms with van der Waals surface area (Å²) in [5.41, 5.74) is 1.26. The lowest BCUT2D eigenvalue weighted by molar-refractivity contribution is 0.0281. The van der Waals surface area contributed by atoms with Crippen molar-refractivity contribution < 1.29 is 23.5 Å². The molecule has 2 amide bonds. The zero-order valence-corrected chi connectivity index (χ0v) is 17.7. The minimum atomic E-state index is -0.787. The number of esters is 1. The molecule has 1 atom stereocenters. The number of hydrogen-bond acceptors (Lipinski definition) is 7. The number of anilines is 1. The molecule has 2 aromatic carbocycles. The molecule has 9 heteroatoms. The van der Waals surface area contributed by atoms with Crippen LogP contribution in [0.2, 0.25) is 0 Å². The highest BCUT2D eigenvalue weighted by atomic mass is 16.6. The van der Waals surface area contributed by atoms with Gasteiger partial charge in [0, 0.05) is 11.6 Å². The number of amides is 2. The first-order chi connectivity index (χ1) is 14.9. The van der Waals surface area contributed by atoms with Crippen LogP contribution < -0.4 is 15.4 Å². The van der Waals surface area contributed by atoms with Gasteiger partial charge in [0.25, 0.3) is 5.89 Å². The molecule has 162 valence electrons. The van der Waals surface area contributed by atoms with Gasteiger partial charge < -0.3 is 24.5 Å². The summed E-state index contributed by atoms with van der Waals surface area (Å²) in [6.45, 7) is 5.31. The van der Waals surface area contributed by atoms with Crippen molar-refractivity contribution in [3.05, 3.63) is 60.0 Å². The van der Waals surface area contributed by atoms with E-state index in [-0.39, 0.29) is 17.5 Å². The van der Waals surface area contributed by atoms with E-state index in [4.69, 9.17) is 13.9 Å². The van der Waals surface area contributed by atoms with Crippen LogP contribution in [0.25, 0.3) is 11.5 Å². The van der Waals surface area contributed by atoms with E-state index in [2.05, 4.69) is 20.8 Å². The van der Waals surface area contributed by atoms with Gasteiger partial charge in [-0.1, -0.05) is 12.1 Å². The van der Waals surface area contributed by atoms with Gasteiger partial charge in [0.15, 0.2) is 6.10 Å². The number of urea groups is 1. The fourth-order valence-electron chi connectivity index (χ4n) is 2.71. The summed E-state index contributed by atoms with van der Waals surface area (Å²) in [5, 5.41) is 13.4. The molecule has 0 fully saturated rings. The SMILES string of the molecule is COc1ccc(-c2nnc([C@@H](C)OC(=O)c3ccccc3NC(=O)NC(C)C)o2)cc1. The summed E-state index contributed by atoms with van der Waals surface area (Å²) in [5.74, 6) is 0.535. The van der Waals surface area contributed by atoms with Crippen LogP contribution in [-0.4, -0.2) is 35.3 Å². The van der Waals surface area contributed by atoms with Gasteiger partial charge in [-0.05, 0) is 57.2 Å². The van der Waals surface area contributed by atoms with Crippen molar-refractivity contribution in [3.63, 3.8) is 0 Å². The molecule has 0 saturated heterocycles. The van der Waals surface area contributed by atoms with Crippen molar-refractivity contribution in [1.82, 2.24) is 15.5 Å². The van der Waals surface area contributed by atoms with Crippen LogP contribution in [-0.2, 0) is 4.74 Å². The normalized spacial score (nSPS) is 11.6. The highest BCUT2D eigenvalue weighted by molar-refractivity contribution is 6.00. The number of nitrogens with one attached hydrogen (secondary N) is 2. The minimum Gasteiger partial charge on any atom is -0.497 e. The van der Waals surface area contributed by atoms with Crippen LogP contribution in [0.3, 0.4) is 0 Å². The molecule has 1 heterocycles. The largest absolute Gasteiger partial charge is 0.497 e. The maximum absolute atomic E-state index is 12.7. The average Bonchev–Trinajstić information content (AvgIpc) is 3.24. The van der Waals surface area contributed by atoms with Gasteiger partial charge in [-0.25, -0.2) is 9.59 Å². The Kier molecular flexibility index (Phi) is 6.86. The van der Waals surface area contributed by atoms with E-state index in [0.717, 1.165) is 0 Å². The monoisotopic (exact) mass is 424 g/mol. The number of benzene rings is 2. The number of methoxy groups -OCH3 is 1. The molecule has 3 rings (SSSR count). The van der Waals surface area contributed by atoms with Gasteiger partial charge in [0.1, 0.15) is 5.75 Å². The van der Waals surface area contributed by atoms with Gasteiger partial charge in [0.05, 0.1) is 18.4 Å². The van der Waals surface area contributed by atoms with Crippen LogP contribution in [0.15, 0.2) is 52.9 Å². The number of hydrogen-bond donors (Lipinski definition) is 2. The number of ether oxygens (including phenoxy) is 2. The second-order valence-electron chi connectivity index (χ2n) is 7.02. The number of nitrogens with zero attached hydrogens (tertiary/aromatic N) is 2. The Morgan fingerprint density at radius 3 is 2.39 bits per heavy atom. The first kappa shape index (κ1) is 21.8. The minimum absolute atomic E-state index is 0.0449. The molecular weight excluding hydrogens is 400 g/mol. The summed E-state index contributed by atoms with van der Waals surface area (Å²) in [4.78, 5) is 24.7. The summed E-state index contributed by atoms with van der Waals surface area (Å²) in [6.07, 6.45) is -0.787. The smallest absolute Gasteiger partial charge is 0.341 e. The average molecular weight is 424 g/mol. The molecule has 0 aliphatic heterocycles. The zero-order chi connectivity index (χ0) is 22.4. The summed E-state index contributed by atoms with van der Waals surface area (Å²) in [6, 6.07) is 13.3. The Morgan fingerprint density at radius 2 is 1.71 bits per heavy atom. The van der Waals surface area contributed by atoms with Crippen molar-refractivity contribution in [3.8, 4) is 17.2 Å². The second kappa shape index (κ2) is 9.75. The summed E-state index contributed by atoms with van der Waals surface area (Å²) in [7, 11) is 1.58. The molecular formula is C22H24N4O5. The van der Waals surface area contributed by atoms with Crippen molar-refractivity contribution in [1.29, 1.82) is 0 Å². The molecule has 0 bridgehead atoms. The van der Waals surface area contributed by atoms with Gasteiger partial charge in [-0.3, -0.25) is 0 Å². The molecule has 0 saturated carbocycles. The molecule has 0 aliphatic carbocycles. The fraction of sp³-hybridized carbons (Fsp3) is 0.273. The van der Waals surface area contributed by atoms with E-state index in [1.165, 1.54) is 0 Å². The lowest BCUT2D eigenvalue weighted by atomic mass is 10.2. The Bertz CT molecular complexity index is 1050. The summed E-state index contributed by atoms with van der Waals surface area (Å²) >= 11 is 0. The quantitative estimate of drug-likeness (QED) is 0.546. The lowest BCUT2D eigenvalue weighted by Gasteiger charge is -2.14. The van der Waals surface area contributed by atoms with Crippen molar-refractivity contribution in [2.75, 3.05) is 12.4 Å². The number of aromatic nitrogens is 2. The molecule has 31 heavy (non-hydrogen) atoms. The van der Waals surface area contributed by atoms with E-state index in [9.17, 15) is 9.59 Å². The van der Waals surface area contributed by atoms with E-state index in [1.54, 1.807) is 62.6 Å². The van der Waals surface area contributed by atoms with Crippen molar-refractivity contribution in [2.24, 2.45) is 0 Å². The highest BCUT2D eigenvalue weighted by Crippen LogP contribution is 2.25. The third-order valence-electron chi connectivity index (χ3n) is 4.22. The predicted molar refractivity (Wildman–Crippen MR) is 114 cm³/mol. The highest BCUT2D eigenvalue weighted by Gasteiger charge is 2.22. The molecule has 0 aliphatic rings. The molecule has 3 aromatic rings. The van der Waals surface area contributed by atoms with Crippen LogP contribution in [0.4, 0.5) is 10.5 Å². The number of para-hydroxylation sites is 1. The van der Waals surface area contributed by atoms with E-state index >= 15 is 0 Å². The Hall–Kier alpha value is -3.88. The maximum atomic E-state index is 12.7. The number of carbonyl (C=O) groups is 2. The van der Waals surface area contributed by atoms with Crippen LogP contribution >= 0.6 is 0 Å². The van der Waals surface area contributed by atoms with Gasteiger partial charge in [0.2, 0.25) is 5.89 Å². The number of rotatable bonds is 7. The number of carbonyl (C=O) groups excluding carboxylic acids is 2. The lowest BCUT2D eigenvalue weighted by Crippen LogP contribution is -2.34. The Morgan fingerprint density at radius 1 is 1.00 bits per heavy atom. The Labute approximate surface area is 179 Å². The van der Waals surface area contributed by atoms with Gasteiger partial charge in [-0.2, -0.15) is 0 Å².